The molecular weight excluding hydrogens is 349 g/mol. The number of hydrogen-bond acceptors (Lipinski definition) is 4. The molecule has 2 rings (SSSR count). The second-order valence-corrected chi connectivity index (χ2v) is 5.57. The van der Waals surface area contributed by atoms with Crippen LogP contribution >= 0.6 is 0 Å². The van der Waals surface area contributed by atoms with E-state index in [0.29, 0.717) is 5.75 Å². The molecule has 0 saturated heterocycles. The summed E-state index contributed by atoms with van der Waals surface area (Å²) in [4.78, 5) is 11.3. The van der Waals surface area contributed by atoms with Gasteiger partial charge in [0.15, 0.2) is 0 Å². The van der Waals surface area contributed by atoms with Crippen molar-refractivity contribution in [2.45, 2.75) is 33.1 Å². The molecule has 0 aromatic heterocycles. The van der Waals surface area contributed by atoms with E-state index in [4.69, 9.17) is 9.47 Å². The molecule has 0 fully saturated rings. The maximum absolute atomic E-state index is 13.3. The lowest BCUT2D eigenvalue weighted by Crippen LogP contribution is -2.15. The Hall–Kier alpha value is -2.70. The number of benzene rings is 2. The molecule has 0 amide bonds. The third-order valence-corrected chi connectivity index (χ3v) is 3.88. The number of carbonyl (C=O) groups excluding carboxylic acids is 1. The molecule has 4 nitrogen and oxygen atoms in total. The summed E-state index contributed by atoms with van der Waals surface area (Å²) in [6.45, 7) is 3.51. The zero-order chi connectivity index (χ0) is 19.3. The molecular formula is C19H19F3O4. The number of carbonyl (C=O) groups is 1. The van der Waals surface area contributed by atoms with Crippen LogP contribution in [-0.4, -0.2) is 13.3 Å². The minimum absolute atomic E-state index is 0.256. The third kappa shape index (κ3) is 4.68. The van der Waals surface area contributed by atoms with E-state index in [2.05, 4.69) is 4.74 Å². The van der Waals surface area contributed by atoms with Crippen LogP contribution in [0.1, 0.15) is 29.2 Å². The van der Waals surface area contributed by atoms with Gasteiger partial charge >= 0.3 is 12.3 Å². The average Bonchev–Trinajstić information content (AvgIpc) is 2.59. The Kier molecular flexibility index (Phi) is 6.13. The third-order valence-electron chi connectivity index (χ3n) is 3.88. The monoisotopic (exact) mass is 368 g/mol. The van der Waals surface area contributed by atoms with Crippen LogP contribution in [0.2, 0.25) is 0 Å². The van der Waals surface area contributed by atoms with Gasteiger partial charge in [-0.05, 0) is 48.7 Å². The standard InChI is InChI=1S/C19H19F3O4/c1-4-13-8-9-14(10-12(13)2)25-11-15-16(19(20,21)22)6-5-7-17(15)26-18(23)24-3/h5-10H,4,11H2,1-3H3. The van der Waals surface area contributed by atoms with Gasteiger partial charge in [-0.1, -0.05) is 19.1 Å². The highest BCUT2D eigenvalue weighted by atomic mass is 19.4. The van der Waals surface area contributed by atoms with Gasteiger partial charge in [0.05, 0.1) is 12.7 Å². The molecule has 0 bridgehead atoms. The van der Waals surface area contributed by atoms with E-state index in [1.54, 1.807) is 12.1 Å². The van der Waals surface area contributed by atoms with E-state index >= 15 is 0 Å². The summed E-state index contributed by atoms with van der Waals surface area (Å²) >= 11 is 0. The summed E-state index contributed by atoms with van der Waals surface area (Å²) in [5.74, 6) is 0.175. The Bertz CT molecular complexity index is 785. The zero-order valence-corrected chi connectivity index (χ0v) is 14.6. The van der Waals surface area contributed by atoms with Gasteiger partial charge in [-0.15, -0.1) is 0 Å². The van der Waals surface area contributed by atoms with Crippen molar-refractivity contribution in [1.82, 2.24) is 0 Å². The first kappa shape index (κ1) is 19.6. The van der Waals surface area contributed by atoms with Crippen molar-refractivity contribution in [1.29, 1.82) is 0 Å². The molecule has 0 aliphatic carbocycles. The smallest absolute Gasteiger partial charge is 0.489 e. The van der Waals surface area contributed by atoms with E-state index < -0.39 is 24.5 Å². The van der Waals surface area contributed by atoms with Crippen LogP contribution < -0.4 is 9.47 Å². The molecule has 0 aliphatic heterocycles. The summed E-state index contributed by atoms with van der Waals surface area (Å²) < 4.78 is 54.7. The van der Waals surface area contributed by atoms with Crippen LogP contribution in [0, 0.1) is 6.92 Å². The van der Waals surface area contributed by atoms with Gasteiger partial charge in [0.1, 0.15) is 18.1 Å². The van der Waals surface area contributed by atoms with Crippen molar-refractivity contribution in [2.75, 3.05) is 7.11 Å². The topological polar surface area (TPSA) is 44.8 Å². The number of rotatable bonds is 5. The number of aryl methyl sites for hydroxylation is 2. The molecule has 140 valence electrons. The van der Waals surface area contributed by atoms with Gasteiger partial charge in [-0.25, -0.2) is 4.79 Å². The summed E-state index contributed by atoms with van der Waals surface area (Å²) in [5, 5.41) is 0. The van der Waals surface area contributed by atoms with E-state index in [1.165, 1.54) is 6.07 Å². The maximum Gasteiger partial charge on any atom is 0.513 e. The molecule has 0 radical (unpaired) electrons. The Balaban J connectivity index is 2.33. The highest BCUT2D eigenvalue weighted by Gasteiger charge is 2.35. The van der Waals surface area contributed by atoms with Crippen molar-refractivity contribution in [3.05, 3.63) is 58.7 Å². The second-order valence-electron chi connectivity index (χ2n) is 5.57. The lowest BCUT2D eigenvalue weighted by Gasteiger charge is -2.17. The van der Waals surface area contributed by atoms with Crippen LogP contribution in [-0.2, 0) is 23.9 Å². The molecule has 0 N–H and O–H groups in total. The first-order valence-corrected chi connectivity index (χ1v) is 7.93. The van der Waals surface area contributed by atoms with Crippen molar-refractivity contribution in [2.24, 2.45) is 0 Å². The second kappa shape index (κ2) is 8.12. The molecule has 7 heteroatoms. The summed E-state index contributed by atoms with van der Waals surface area (Å²) in [5.41, 5.74) is 0.909. The van der Waals surface area contributed by atoms with Gasteiger partial charge in [0.25, 0.3) is 0 Å². The van der Waals surface area contributed by atoms with Gasteiger partial charge in [0, 0.05) is 5.56 Å². The van der Waals surface area contributed by atoms with Crippen LogP contribution in [0.4, 0.5) is 18.0 Å². The molecule has 2 aromatic carbocycles. The number of alkyl halides is 3. The summed E-state index contributed by atoms with van der Waals surface area (Å²) in [6.07, 6.45) is -4.87. The fraction of sp³-hybridized carbons (Fsp3) is 0.316. The summed E-state index contributed by atoms with van der Waals surface area (Å²) in [6, 6.07) is 8.65. The predicted molar refractivity (Wildman–Crippen MR) is 89.4 cm³/mol. The average molecular weight is 368 g/mol. The number of halogens is 3. The summed E-state index contributed by atoms with van der Waals surface area (Å²) in [7, 11) is 1.07. The molecule has 2 aromatic rings. The maximum atomic E-state index is 13.3. The zero-order valence-electron chi connectivity index (χ0n) is 14.6. The highest BCUT2D eigenvalue weighted by molar-refractivity contribution is 5.64. The van der Waals surface area contributed by atoms with Crippen LogP contribution in [0.3, 0.4) is 0 Å². The largest absolute Gasteiger partial charge is 0.513 e. The fourth-order valence-electron chi connectivity index (χ4n) is 2.52. The van der Waals surface area contributed by atoms with Crippen LogP contribution in [0.25, 0.3) is 0 Å². The first-order valence-electron chi connectivity index (χ1n) is 7.93. The SMILES string of the molecule is CCc1ccc(OCc2c(OC(=O)OC)cccc2C(F)(F)F)cc1C. The van der Waals surface area contributed by atoms with E-state index in [-0.39, 0.29) is 11.3 Å². The van der Waals surface area contributed by atoms with E-state index in [0.717, 1.165) is 36.8 Å². The Morgan fingerprint density at radius 2 is 1.88 bits per heavy atom. The fourth-order valence-corrected chi connectivity index (χ4v) is 2.52. The minimum atomic E-state index is -4.61. The van der Waals surface area contributed by atoms with Crippen LogP contribution in [0.15, 0.2) is 36.4 Å². The van der Waals surface area contributed by atoms with Crippen molar-refractivity contribution >= 4 is 6.16 Å². The predicted octanol–water partition coefficient (Wildman–Crippen LogP) is 5.30. The van der Waals surface area contributed by atoms with Crippen molar-refractivity contribution < 1.29 is 32.2 Å². The molecule has 0 spiro atoms. The minimum Gasteiger partial charge on any atom is -0.489 e. The lowest BCUT2D eigenvalue weighted by molar-refractivity contribution is -0.138. The van der Waals surface area contributed by atoms with Gasteiger partial charge in [-0.3, -0.25) is 0 Å². The van der Waals surface area contributed by atoms with E-state index in [9.17, 15) is 18.0 Å². The molecule has 0 aliphatic rings. The Morgan fingerprint density at radius 3 is 2.46 bits per heavy atom. The Labute approximate surface area is 149 Å². The number of hydrogen-bond donors (Lipinski definition) is 0. The molecule has 0 atom stereocenters. The Morgan fingerprint density at radius 1 is 1.15 bits per heavy atom. The highest BCUT2D eigenvalue weighted by Crippen LogP contribution is 2.37. The van der Waals surface area contributed by atoms with Gasteiger partial charge in [-0.2, -0.15) is 13.2 Å². The van der Waals surface area contributed by atoms with Crippen LogP contribution in [0.5, 0.6) is 11.5 Å². The molecule has 0 unspecified atom stereocenters. The van der Waals surface area contributed by atoms with Gasteiger partial charge < -0.3 is 14.2 Å². The quantitative estimate of drug-likeness (QED) is 0.531. The molecule has 0 saturated carbocycles. The first-order chi connectivity index (χ1) is 12.3. The van der Waals surface area contributed by atoms with E-state index in [1.807, 2.05) is 19.9 Å². The number of ether oxygens (including phenoxy) is 3. The lowest BCUT2D eigenvalue weighted by atomic mass is 10.1. The normalized spacial score (nSPS) is 11.2. The van der Waals surface area contributed by atoms with Crippen molar-refractivity contribution in [3.63, 3.8) is 0 Å². The van der Waals surface area contributed by atoms with Crippen molar-refractivity contribution in [3.8, 4) is 11.5 Å². The molecule has 26 heavy (non-hydrogen) atoms. The van der Waals surface area contributed by atoms with Gasteiger partial charge in [0.2, 0.25) is 0 Å². The molecule has 0 heterocycles. The number of methoxy groups -OCH3 is 1.